The molecule has 0 bridgehead atoms. The number of rotatable bonds is 4. The molecule has 128 valence electrons. The molecule has 0 spiro atoms. The van der Waals surface area contributed by atoms with E-state index in [9.17, 15) is 0 Å². The van der Waals surface area contributed by atoms with E-state index in [-0.39, 0.29) is 19.5 Å². The van der Waals surface area contributed by atoms with Crippen LogP contribution in [0.2, 0.25) is 0 Å². The van der Waals surface area contributed by atoms with E-state index < -0.39 is 0 Å². The topological polar surface area (TPSA) is 24.1 Å². The summed E-state index contributed by atoms with van der Waals surface area (Å²) >= 11 is 19.2. The van der Waals surface area contributed by atoms with E-state index >= 15 is 0 Å². The van der Waals surface area contributed by atoms with Gasteiger partial charge in [-0.25, -0.2) is 0 Å². The largest absolute Gasteiger partial charge is 2.00 e. The van der Waals surface area contributed by atoms with E-state index in [1.165, 1.54) is 11.1 Å². The molecule has 2 aromatic rings. The van der Waals surface area contributed by atoms with Crippen LogP contribution in [0.1, 0.15) is 25.0 Å². The maximum atomic E-state index is 4.79. The second kappa shape index (κ2) is 13.5. The summed E-state index contributed by atoms with van der Waals surface area (Å²) in [5, 5.41) is 5.94. The van der Waals surface area contributed by atoms with Crippen molar-refractivity contribution >= 4 is 69.7 Å². The number of aryl methyl sites for hydroxylation is 2. The number of benzene rings is 2. The molecule has 0 unspecified atom stereocenters. The molecule has 0 fully saturated rings. The zero-order chi connectivity index (χ0) is 17.9. The smallest absolute Gasteiger partial charge is 0.411 e. The van der Waals surface area contributed by atoms with Gasteiger partial charge in [0.25, 0.3) is 0 Å². The van der Waals surface area contributed by atoms with Crippen molar-refractivity contribution in [2.24, 2.45) is 0 Å². The summed E-state index contributed by atoms with van der Waals surface area (Å²) in [5.41, 5.74) is 4.54. The molecule has 0 aliphatic carbocycles. The Kier molecular flexibility index (Phi) is 13.1. The second-order valence-corrected chi connectivity index (χ2v) is 7.00. The van der Waals surface area contributed by atoms with Crippen LogP contribution in [0, 0.1) is 0 Å². The fourth-order valence-corrected chi connectivity index (χ4v) is 2.56. The predicted octanol–water partition coefficient (Wildman–Crippen LogP) is 4.98. The van der Waals surface area contributed by atoms with Crippen LogP contribution in [0.4, 0.5) is 11.4 Å². The van der Waals surface area contributed by atoms with Crippen LogP contribution in [0.15, 0.2) is 48.5 Å². The molecule has 0 saturated carbocycles. The van der Waals surface area contributed by atoms with Gasteiger partial charge in [-0.3, -0.25) is 0 Å². The maximum Gasteiger partial charge on any atom is 2.00 e. The summed E-state index contributed by atoms with van der Waals surface area (Å²) in [6, 6.07) is 16.1. The first kappa shape index (κ1) is 24.3. The van der Waals surface area contributed by atoms with Crippen LogP contribution in [0.25, 0.3) is 0 Å². The van der Waals surface area contributed by atoms with Gasteiger partial charge in [-0.2, -0.15) is 0 Å². The summed E-state index contributed by atoms with van der Waals surface area (Å²) in [4.78, 5) is 0. The summed E-state index contributed by atoms with van der Waals surface area (Å²) in [6.07, 6.45) is 1.97. The summed E-state index contributed by atoms with van der Waals surface area (Å²) in [7, 11) is 0. The van der Waals surface area contributed by atoms with Gasteiger partial charge in [-0.1, -0.05) is 58.9 Å². The monoisotopic (exact) mass is 456 g/mol. The zero-order valence-electron chi connectivity index (χ0n) is 14.4. The molecule has 2 rings (SSSR count). The molecule has 0 aliphatic heterocycles. The Labute approximate surface area is 185 Å². The third-order valence-corrected chi connectivity index (χ3v) is 3.68. The Morgan fingerprint density at radius 1 is 0.760 bits per heavy atom. The minimum Gasteiger partial charge on any atom is -0.411 e. The first-order valence-corrected chi connectivity index (χ1v) is 9.23. The van der Waals surface area contributed by atoms with E-state index in [1.807, 2.05) is 36.4 Å². The van der Waals surface area contributed by atoms with Gasteiger partial charge in [0.15, 0.2) is 0 Å². The quantitative estimate of drug-likeness (QED) is 0.381. The minimum atomic E-state index is 0. The zero-order valence-corrected chi connectivity index (χ0v) is 20.6. The first-order valence-electron chi connectivity index (χ1n) is 7.59. The van der Waals surface area contributed by atoms with Gasteiger partial charge in [0.2, 0.25) is 0 Å². The Balaban J connectivity index is 0.000000443. The van der Waals surface area contributed by atoms with Crippen molar-refractivity contribution in [1.29, 1.82) is 0 Å². The van der Waals surface area contributed by atoms with E-state index in [1.54, 1.807) is 0 Å². The fourth-order valence-electron chi connectivity index (χ4n) is 2.12. The number of hydrogen-bond acceptors (Lipinski definition) is 4. The Bertz CT molecular complexity index is 633. The second-order valence-electron chi connectivity index (χ2n) is 4.85. The Hall–Kier alpha value is -0.717. The van der Waals surface area contributed by atoms with Crippen LogP contribution < -0.4 is 10.6 Å². The van der Waals surface area contributed by atoms with E-state index in [0.717, 1.165) is 24.2 Å². The van der Waals surface area contributed by atoms with Crippen molar-refractivity contribution in [1.82, 2.24) is 0 Å². The SMILES string of the molecule is CCc1ccccc1NC(=S)[S-].CCc1ccccc1NC(=S)[S-].[Zn+2]. The van der Waals surface area contributed by atoms with E-state index in [2.05, 4.69) is 36.6 Å². The van der Waals surface area contributed by atoms with Gasteiger partial charge in [-0.15, -0.1) is 0 Å². The number of thiocarbonyl (C=S) groups is 2. The van der Waals surface area contributed by atoms with Crippen LogP contribution in [-0.2, 0) is 57.6 Å². The number of nitrogens with one attached hydrogen (secondary N) is 2. The molecule has 2 N–H and O–H groups in total. The summed E-state index contributed by atoms with van der Waals surface area (Å²) in [5.74, 6) is 0. The van der Waals surface area contributed by atoms with Gasteiger partial charge in [-0.05, 0) is 36.1 Å². The van der Waals surface area contributed by atoms with Crippen LogP contribution >= 0.6 is 24.4 Å². The molecular weight excluding hydrogens is 438 g/mol. The van der Waals surface area contributed by atoms with Crippen LogP contribution in [0.3, 0.4) is 0 Å². The fraction of sp³-hybridized carbons (Fsp3) is 0.222. The van der Waals surface area contributed by atoms with Crippen LogP contribution in [-0.4, -0.2) is 8.64 Å². The molecule has 0 aromatic heterocycles. The molecule has 0 amide bonds. The molecule has 0 atom stereocenters. The van der Waals surface area contributed by atoms with Crippen molar-refractivity contribution in [3.8, 4) is 0 Å². The first-order chi connectivity index (χ1) is 11.5. The van der Waals surface area contributed by atoms with Gasteiger partial charge < -0.3 is 60.3 Å². The van der Waals surface area contributed by atoms with Gasteiger partial charge in [0.05, 0.1) is 0 Å². The van der Waals surface area contributed by atoms with Gasteiger partial charge in [0.1, 0.15) is 0 Å². The molecule has 0 aliphatic rings. The third-order valence-electron chi connectivity index (χ3n) is 3.27. The van der Waals surface area contributed by atoms with Crippen molar-refractivity contribution in [3.63, 3.8) is 0 Å². The molecular formula is C18H20N2S4Zn. The Morgan fingerprint density at radius 3 is 1.36 bits per heavy atom. The average Bonchev–Trinajstić information content (AvgIpc) is 2.55. The number of hydrogen-bond donors (Lipinski definition) is 2. The number of para-hydroxylation sites is 2. The van der Waals surface area contributed by atoms with Crippen molar-refractivity contribution in [2.45, 2.75) is 26.7 Å². The molecule has 0 heterocycles. The molecule has 0 radical (unpaired) electrons. The summed E-state index contributed by atoms with van der Waals surface area (Å²) in [6.45, 7) is 4.21. The molecule has 25 heavy (non-hydrogen) atoms. The van der Waals surface area contributed by atoms with Gasteiger partial charge in [0, 0.05) is 11.4 Å². The normalized spacial score (nSPS) is 9.04. The van der Waals surface area contributed by atoms with Gasteiger partial charge >= 0.3 is 19.5 Å². The standard InChI is InChI=1S/2C9H11NS2.Zn/c2*1-2-7-5-3-4-6-8(7)10-9(11)12;/h2*3-6H,2H2,1H3,(H2,10,11,12);/q;;+2/p-2. The van der Waals surface area contributed by atoms with Crippen LogP contribution in [0.5, 0.6) is 0 Å². The summed E-state index contributed by atoms with van der Waals surface area (Å²) < 4.78 is 0.798. The average molecular weight is 458 g/mol. The molecule has 2 nitrogen and oxygen atoms in total. The van der Waals surface area contributed by atoms with E-state index in [4.69, 9.17) is 49.7 Å². The molecule has 7 heteroatoms. The van der Waals surface area contributed by atoms with Crippen molar-refractivity contribution < 1.29 is 19.5 Å². The Morgan fingerprint density at radius 2 is 1.08 bits per heavy atom. The minimum absolute atomic E-state index is 0. The van der Waals surface area contributed by atoms with Crippen molar-refractivity contribution in [3.05, 3.63) is 59.7 Å². The van der Waals surface area contributed by atoms with Crippen molar-refractivity contribution in [2.75, 3.05) is 10.6 Å². The predicted molar refractivity (Wildman–Crippen MR) is 119 cm³/mol. The number of anilines is 2. The molecule has 2 aromatic carbocycles. The molecule has 0 saturated heterocycles. The third kappa shape index (κ3) is 9.52. The van der Waals surface area contributed by atoms with E-state index in [0.29, 0.717) is 8.64 Å². The maximum absolute atomic E-state index is 4.79.